The number of ketones is 1. The molecule has 0 atom stereocenters. The number of pyridine rings is 1. The third-order valence-corrected chi connectivity index (χ3v) is 7.59. The Morgan fingerprint density at radius 3 is 2.50 bits per heavy atom. The van der Waals surface area contributed by atoms with Crippen LogP contribution in [0.4, 0.5) is 0 Å². The molecule has 146 valence electrons. The molecule has 1 aliphatic rings. The summed E-state index contributed by atoms with van der Waals surface area (Å²) in [6.45, 7) is 1.91. The quantitative estimate of drug-likeness (QED) is 0.638. The number of sulfonamides is 1. The van der Waals surface area contributed by atoms with E-state index in [0.29, 0.717) is 18.5 Å². The number of rotatable bonds is 4. The summed E-state index contributed by atoms with van der Waals surface area (Å²) in [5.74, 6) is -0.0159. The van der Waals surface area contributed by atoms with Gasteiger partial charge in [0.25, 0.3) is 0 Å². The van der Waals surface area contributed by atoms with Gasteiger partial charge in [-0.25, -0.2) is 13.0 Å². The van der Waals surface area contributed by atoms with Crippen molar-refractivity contribution in [1.29, 1.82) is 0 Å². The van der Waals surface area contributed by atoms with E-state index >= 15 is 0 Å². The lowest BCUT2D eigenvalue weighted by Gasteiger charge is -2.39. The fraction of sp³-hybridized carbons (Fsp3) is 0.333. The Bertz CT molecular complexity index is 1140. The molecule has 4 rings (SSSR count). The lowest BCUT2D eigenvalue weighted by atomic mass is 9.73. The zero-order valence-corrected chi connectivity index (χ0v) is 16.6. The molecule has 3 heterocycles. The van der Waals surface area contributed by atoms with Gasteiger partial charge < -0.3 is 0 Å². The van der Waals surface area contributed by atoms with Crippen LogP contribution in [-0.2, 0) is 20.2 Å². The fourth-order valence-corrected chi connectivity index (χ4v) is 5.45. The van der Waals surface area contributed by atoms with Gasteiger partial charge in [-0.1, -0.05) is 17.7 Å². The first-order valence-corrected chi connectivity index (χ1v) is 10.5. The number of benzene rings is 1. The maximum atomic E-state index is 13.2. The lowest BCUT2D eigenvalue weighted by molar-refractivity contribution is -0.124. The molecule has 0 radical (unpaired) electrons. The van der Waals surface area contributed by atoms with Crippen molar-refractivity contribution >= 4 is 38.4 Å². The summed E-state index contributed by atoms with van der Waals surface area (Å²) in [4.78, 5) is 16.8. The van der Waals surface area contributed by atoms with Crippen LogP contribution in [0, 0.1) is 0 Å². The normalized spacial score (nSPS) is 17.6. The molecule has 28 heavy (non-hydrogen) atoms. The van der Waals surface area contributed by atoms with Gasteiger partial charge in [-0.15, -0.1) is 0 Å². The van der Waals surface area contributed by atoms with Crippen molar-refractivity contribution in [3.05, 3.63) is 47.2 Å². The maximum absolute atomic E-state index is 13.2. The predicted octanol–water partition coefficient (Wildman–Crippen LogP) is 2.58. The summed E-state index contributed by atoms with van der Waals surface area (Å²) < 4.78 is 32.4. The molecule has 1 aliphatic heterocycles. The Hall–Kier alpha value is -2.36. The van der Waals surface area contributed by atoms with E-state index in [1.54, 1.807) is 12.3 Å². The van der Waals surface area contributed by atoms with E-state index in [4.69, 9.17) is 11.6 Å². The minimum atomic E-state index is -3.85. The minimum absolute atomic E-state index is 0.0127. The fourth-order valence-electron chi connectivity index (χ4n) is 3.70. The number of nitrogens with zero attached hydrogens (tertiary/aromatic N) is 4. The highest BCUT2D eigenvalue weighted by atomic mass is 35.5. The number of halogens is 1. The van der Waals surface area contributed by atoms with Crippen molar-refractivity contribution in [2.24, 2.45) is 0 Å². The monoisotopic (exact) mass is 420 g/mol. The van der Waals surface area contributed by atoms with Crippen molar-refractivity contribution in [2.45, 2.75) is 30.1 Å². The highest BCUT2D eigenvalue weighted by Gasteiger charge is 2.44. The van der Waals surface area contributed by atoms with Gasteiger partial charge in [0.15, 0.2) is 11.0 Å². The molecule has 1 fully saturated rings. The van der Waals surface area contributed by atoms with Gasteiger partial charge in [0.05, 0.1) is 16.1 Å². The van der Waals surface area contributed by atoms with Gasteiger partial charge in [-0.3, -0.25) is 9.78 Å². The number of piperidine rings is 1. The van der Waals surface area contributed by atoms with Gasteiger partial charge >= 0.3 is 0 Å². The maximum Gasteiger partial charge on any atom is 0.245 e. The zero-order valence-electron chi connectivity index (χ0n) is 15.0. The first-order chi connectivity index (χ1) is 13.4. The molecule has 0 unspecified atom stereocenters. The molecule has 3 aromatic rings. The van der Waals surface area contributed by atoms with Gasteiger partial charge in [0.1, 0.15) is 10.7 Å². The highest BCUT2D eigenvalue weighted by Crippen LogP contribution is 2.38. The van der Waals surface area contributed by atoms with Gasteiger partial charge in [0, 0.05) is 19.3 Å². The summed E-state index contributed by atoms with van der Waals surface area (Å²) >= 11 is 6.03. The smallest absolute Gasteiger partial charge is 0.245 e. The molecule has 0 bridgehead atoms. The number of aromatic nitrogens is 3. The summed E-state index contributed by atoms with van der Waals surface area (Å²) in [7, 11) is -3.85. The highest BCUT2D eigenvalue weighted by molar-refractivity contribution is 7.89. The molecule has 0 spiro atoms. The van der Waals surface area contributed by atoms with Crippen LogP contribution in [-0.4, -0.2) is 46.9 Å². The standard InChI is InChI=1S/C18H17ClN4O4S/c1-12(24)18(15-4-2-3-9-20-15)7-10-23(11-8-18)28(25,26)14-6-5-13(19)16-17(14)22-27-21-16/h2-6,9H,7-8,10-11H2,1H3. The molecular weight excluding hydrogens is 404 g/mol. The van der Waals surface area contributed by atoms with E-state index in [-0.39, 0.29) is 39.8 Å². The van der Waals surface area contributed by atoms with Crippen LogP contribution in [0.25, 0.3) is 11.0 Å². The minimum Gasteiger partial charge on any atom is -0.299 e. The SMILES string of the molecule is CC(=O)C1(c2ccccn2)CCN(S(=O)(=O)c2ccc(Cl)c3nonc23)CC1. The Labute approximate surface area is 166 Å². The third-order valence-electron chi connectivity index (χ3n) is 5.35. The average molecular weight is 421 g/mol. The lowest BCUT2D eigenvalue weighted by Crippen LogP contribution is -2.48. The summed E-state index contributed by atoms with van der Waals surface area (Å²) in [5.41, 5.74) is 0.194. The largest absolute Gasteiger partial charge is 0.299 e. The van der Waals surface area contributed by atoms with Gasteiger partial charge in [-0.05, 0) is 54.3 Å². The number of hydrogen-bond acceptors (Lipinski definition) is 7. The number of Topliss-reactive ketones (excluding diaryl/α,β-unsaturated/α-hetero) is 1. The van der Waals surface area contributed by atoms with Crippen LogP contribution in [0.1, 0.15) is 25.5 Å². The van der Waals surface area contributed by atoms with Crippen molar-refractivity contribution in [1.82, 2.24) is 19.6 Å². The first-order valence-electron chi connectivity index (χ1n) is 8.70. The molecule has 0 amide bonds. The Morgan fingerprint density at radius 2 is 1.86 bits per heavy atom. The molecule has 0 aliphatic carbocycles. The average Bonchev–Trinajstić information content (AvgIpc) is 3.19. The molecule has 0 saturated carbocycles. The topological polar surface area (TPSA) is 106 Å². The molecule has 1 aromatic carbocycles. The van der Waals surface area contributed by atoms with E-state index in [2.05, 4.69) is 19.9 Å². The molecule has 10 heteroatoms. The van der Waals surface area contributed by atoms with Crippen molar-refractivity contribution in [3.63, 3.8) is 0 Å². The van der Waals surface area contributed by atoms with Crippen molar-refractivity contribution < 1.29 is 17.8 Å². The Balaban J connectivity index is 1.66. The van der Waals surface area contributed by atoms with Crippen LogP contribution in [0.3, 0.4) is 0 Å². The van der Waals surface area contributed by atoms with E-state index in [1.165, 1.54) is 23.4 Å². The van der Waals surface area contributed by atoms with Crippen LogP contribution in [0.5, 0.6) is 0 Å². The summed E-state index contributed by atoms with van der Waals surface area (Å²) in [6, 6.07) is 8.29. The van der Waals surface area contributed by atoms with E-state index in [0.717, 1.165) is 0 Å². The van der Waals surface area contributed by atoms with E-state index < -0.39 is 15.4 Å². The number of carbonyl (C=O) groups is 1. The third kappa shape index (κ3) is 2.90. The van der Waals surface area contributed by atoms with Gasteiger partial charge in [0.2, 0.25) is 10.0 Å². The molecular formula is C18H17ClN4O4S. The summed E-state index contributed by atoms with van der Waals surface area (Å²) in [6.07, 6.45) is 2.35. The summed E-state index contributed by atoms with van der Waals surface area (Å²) in [5, 5.41) is 7.64. The number of fused-ring (bicyclic) bond motifs is 1. The van der Waals surface area contributed by atoms with Crippen LogP contribution in [0.2, 0.25) is 5.02 Å². The second kappa shape index (κ2) is 6.91. The predicted molar refractivity (Wildman–Crippen MR) is 101 cm³/mol. The molecule has 2 aromatic heterocycles. The van der Waals surface area contributed by atoms with Gasteiger partial charge in [-0.2, -0.15) is 4.31 Å². The van der Waals surface area contributed by atoms with Crippen molar-refractivity contribution in [3.8, 4) is 0 Å². The second-order valence-corrected chi connectivity index (χ2v) is 9.08. The number of carbonyl (C=O) groups excluding carboxylic acids is 1. The zero-order chi connectivity index (χ0) is 19.9. The van der Waals surface area contributed by atoms with Crippen LogP contribution in [0.15, 0.2) is 46.1 Å². The van der Waals surface area contributed by atoms with Crippen molar-refractivity contribution in [2.75, 3.05) is 13.1 Å². The Morgan fingerprint density at radius 1 is 1.14 bits per heavy atom. The van der Waals surface area contributed by atoms with Crippen LogP contribution >= 0.6 is 11.6 Å². The van der Waals surface area contributed by atoms with E-state index in [9.17, 15) is 13.2 Å². The molecule has 8 nitrogen and oxygen atoms in total. The number of hydrogen-bond donors (Lipinski definition) is 0. The Kier molecular flexibility index (Phi) is 4.68. The van der Waals surface area contributed by atoms with Crippen LogP contribution < -0.4 is 0 Å². The second-order valence-electron chi connectivity index (χ2n) is 6.76. The first kappa shape index (κ1) is 19.0. The molecule has 1 saturated heterocycles. The van der Waals surface area contributed by atoms with E-state index in [1.807, 2.05) is 12.1 Å². The molecule has 0 N–H and O–H groups in total.